The molecule has 1 aromatic heterocycles. The fourth-order valence-electron chi connectivity index (χ4n) is 2.38. The number of sulfonamides is 1. The van der Waals surface area contributed by atoms with Crippen LogP contribution in [0, 0.1) is 12.7 Å². The highest BCUT2D eigenvalue weighted by Gasteiger charge is 2.28. The number of rotatable bonds is 4. The Bertz CT molecular complexity index is 890. The SMILES string of the molecule is Cc1cc(NC(=O)c2cc(S(=O)(=O)N3CCOCC3)ccc2F)no1. The average Bonchev–Trinajstić information content (AvgIpc) is 3.00. The van der Waals surface area contributed by atoms with Gasteiger partial charge < -0.3 is 14.6 Å². The number of carbonyl (C=O) groups is 1. The third-order valence-corrected chi connectivity index (χ3v) is 5.55. The van der Waals surface area contributed by atoms with Gasteiger partial charge in [-0.25, -0.2) is 12.8 Å². The Morgan fingerprint density at radius 1 is 1.28 bits per heavy atom. The van der Waals surface area contributed by atoms with Gasteiger partial charge in [0.2, 0.25) is 10.0 Å². The Morgan fingerprint density at radius 2 is 2.00 bits per heavy atom. The molecule has 2 heterocycles. The summed E-state index contributed by atoms with van der Waals surface area (Å²) in [5, 5.41) is 5.95. The zero-order valence-corrected chi connectivity index (χ0v) is 14.2. The van der Waals surface area contributed by atoms with Gasteiger partial charge in [-0.2, -0.15) is 4.31 Å². The van der Waals surface area contributed by atoms with E-state index in [1.54, 1.807) is 6.92 Å². The number of carbonyl (C=O) groups excluding carboxylic acids is 1. The Labute approximate surface area is 143 Å². The molecule has 1 fully saturated rings. The third-order valence-electron chi connectivity index (χ3n) is 3.66. The van der Waals surface area contributed by atoms with E-state index in [2.05, 4.69) is 10.5 Å². The van der Waals surface area contributed by atoms with Crippen molar-refractivity contribution in [1.29, 1.82) is 0 Å². The van der Waals surface area contributed by atoms with Gasteiger partial charge in [0.25, 0.3) is 5.91 Å². The van der Waals surface area contributed by atoms with Crippen molar-refractivity contribution in [2.75, 3.05) is 31.6 Å². The van der Waals surface area contributed by atoms with E-state index < -0.39 is 27.3 Å². The fourth-order valence-corrected chi connectivity index (χ4v) is 3.82. The number of nitrogens with zero attached hydrogens (tertiary/aromatic N) is 2. The molecule has 0 saturated carbocycles. The third kappa shape index (κ3) is 3.70. The lowest BCUT2D eigenvalue weighted by molar-refractivity contribution is 0.0730. The number of hydrogen-bond donors (Lipinski definition) is 1. The van der Waals surface area contributed by atoms with Crippen molar-refractivity contribution < 1.29 is 26.9 Å². The number of morpholine rings is 1. The summed E-state index contributed by atoms with van der Waals surface area (Å²) in [4.78, 5) is 12.1. The van der Waals surface area contributed by atoms with Crippen LogP contribution in [0.15, 0.2) is 33.7 Å². The first-order valence-electron chi connectivity index (χ1n) is 7.50. The molecule has 1 aliphatic heterocycles. The normalized spacial score (nSPS) is 15.9. The van der Waals surface area contributed by atoms with Crippen LogP contribution in [-0.4, -0.2) is 50.1 Å². The minimum absolute atomic E-state index is 0.114. The lowest BCUT2D eigenvalue weighted by Gasteiger charge is -2.26. The van der Waals surface area contributed by atoms with E-state index in [-0.39, 0.29) is 23.8 Å². The Morgan fingerprint density at radius 3 is 2.64 bits per heavy atom. The van der Waals surface area contributed by atoms with Gasteiger partial charge >= 0.3 is 0 Å². The lowest BCUT2D eigenvalue weighted by atomic mass is 10.2. The molecule has 1 N–H and O–H groups in total. The van der Waals surface area contributed by atoms with Crippen LogP contribution in [0.5, 0.6) is 0 Å². The molecule has 0 radical (unpaired) electrons. The smallest absolute Gasteiger partial charge is 0.259 e. The van der Waals surface area contributed by atoms with E-state index in [1.165, 1.54) is 10.4 Å². The van der Waals surface area contributed by atoms with Crippen LogP contribution in [0.4, 0.5) is 10.2 Å². The fraction of sp³-hybridized carbons (Fsp3) is 0.333. The van der Waals surface area contributed by atoms with Gasteiger partial charge in [-0.15, -0.1) is 0 Å². The summed E-state index contributed by atoms with van der Waals surface area (Å²) >= 11 is 0. The second-order valence-corrected chi connectivity index (χ2v) is 7.37. The van der Waals surface area contributed by atoms with Gasteiger partial charge in [-0.1, -0.05) is 5.16 Å². The molecule has 8 nitrogen and oxygen atoms in total. The zero-order valence-electron chi connectivity index (χ0n) is 13.4. The molecule has 0 atom stereocenters. The summed E-state index contributed by atoms with van der Waals surface area (Å²) in [7, 11) is -3.83. The molecule has 0 unspecified atom stereocenters. The minimum atomic E-state index is -3.83. The first-order chi connectivity index (χ1) is 11.9. The molecule has 1 amide bonds. The zero-order chi connectivity index (χ0) is 18.0. The molecule has 1 aliphatic rings. The van der Waals surface area contributed by atoms with Crippen LogP contribution in [0.2, 0.25) is 0 Å². The van der Waals surface area contributed by atoms with Gasteiger partial charge in [-0.3, -0.25) is 4.79 Å². The van der Waals surface area contributed by atoms with Crippen LogP contribution < -0.4 is 5.32 Å². The largest absolute Gasteiger partial charge is 0.379 e. The van der Waals surface area contributed by atoms with Crippen molar-refractivity contribution in [1.82, 2.24) is 9.46 Å². The van der Waals surface area contributed by atoms with Crippen molar-refractivity contribution in [2.24, 2.45) is 0 Å². The molecular formula is C15H16FN3O5S. The Kier molecular flexibility index (Phi) is 4.84. The van der Waals surface area contributed by atoms with Crippen LogP contribution >= 0.6 is 0 Å². The number of aryl methyl sites for hydroxylation is 1. The number of ether oxygens (including phenoxy) is 1. The number of hydrogen-bond acceptors (Lipinski definition) is 6. The summed E-state index contributed by atoms with van der Waals surface area (Å²) in [6, 6.07) is 4.57. The predicted octanol–water partition coefficient (Wildman–Crippen LogP) is 1.40. The standard InChI is InChI=1S/C15H16FN3O5S/c1-10-8-14(18-24-10)17-15(20)12-9-11(2-3-13(12)16)25(21,22)19-4-6-23-7-5-19/h2-3,8-9H,4-7H2,1H3,(H,17,18,20). The topological polar surface area (TPSA) is 102 Å². The second-order valence-electron chi connectivity index (χ2n) is 5.44. The van der Waals surface area contributed by atoms with Crippen molar-refractivity contribution in [2.45, 2.75) is 11.8 Å². The summed E-state index contributed by atoms with van der Waals surface area (Å²) in [5.41, 5.74) is -0.394. The maximum atomic E-state index is 14.0. The second kappa shape index (κ2) is 6.90. The molecule has 0 bridgehead atoms. The van der Waals surface area contributed by atoms with E-state index in [9.17, 15) is 17.6 Å². The molecule has 1 aromatic carbocycles. The van der Waals surface area contributed by atoms with Crippen molar-refractivity contribution >= 4 is 21.7 Å². The number of aromatic nitrogens is 1. The highest BCUT2D eigenvalue weighted by molar-refractivity contribution is 7.89. The lowest BCUT2D eigenvalue weighted by Crippen LogP contribution is -2.40. The van der Waals surface area contributed by atoms with E-state index in [1.807, 2.05) is 0 Å². The van der Waals surface area contributed by atoms with E-state index in [4.69, 9.17) is 9.26 Å². The molecule has 10 heteroatoms. The highest BCUT2D eigenvalue weighted by Crippen LogP contribution is 2.21. The monoisotopic (exact) mass is 369 g/mol. The van der Waals surface area contributed by atoms with Gasteiger partial charge in [-0.05, 0) is 25.1 Å². The maximum absolute atomic E-state index is 14.0. The number of anilines is 1. The molecule has 1 saturated heterocycles. The molecule has 0 aliphatic carbocycles. The molecule has 0 spiro atoms. The van der Waals surface area contributed by atoms with Crippen LogP contribution in [0.25, 0.3) is 0 Å². The summed E-state index contributed by atoms with van der Waals surface area (Å²) in [6.07, 6.45) is 0. The number of halogens is 1. The van der Waals surface area contributed by atoms with Crippen LogP contribution in [0.3, 0.4) is 0 Å². The molecule has 134 valence electrons. The van der Waals surface area contributed by atoms with Gasteiger partial charge in [0.05, 0.1) is 23.7 Å². The van der Waals surface area contributed by atoms with Crippen molar-refractivity contribution in [3.8, 4) is 0 Å². The minimum Gasteiger partial charge on any atom is -0.379 e. The van der Waals surface area contributed by atoms with Gasteiger partial charge in [0, 0.05) is 19.2 Å². The predicted molar refractivity (Wildman–Crippen MR) is 85.2 cm³/mol. The Balaban J connectivity index is 1.88. The quantitative estimate of drug-likeness (QED) is 0.874. The number of benzene rings is 1. The first kappa shape index (κ1) is 17.5. The van der Waals surface area contributed by atoms with E-state index >= 15 is 0 Å². The average molecular weight is 369 g/mol. The summed E-state index contributed by atoms with van der Waals surface area (Å²) in [5.74, 6) is -1.06. The summed E-state index contributed by atoms with van der Waals surface area (Å²) in [6.45, 7) is 2.64. The number of nitrogens with one attached hydrogen (secondary N) is 1. The molecule has 2 aromatic rings. The van der Waals surface area contributed by atoms with Gasteiger partial charge in [0.1, 0.15) is 11.6 Å². The van der Waals surface area contributed by atoms with Crippen LogP contribution in [-0.2, 0) is 14.8 Å². The molecular weight excluding hydrogens is 353 g/mol. The van der Waals surface area contributed by atoms with E-state index in [0.717, 1.165) is 18.2 Å². The maximum Gasteiger partial charge on any atom is 0.259 e. The molecule has 25 heavy (non-hydrogen) atoms. The summed E-state index contributed by atoms with van der Waals surface area (Å²) < 4.78 is 50.5. The highest BCUT2D eigenvalue weighted by atomic mass is 32.2. The van der Waals surface area contributed by atoms with Crippen LogP contribution in [0.1, 0.15) is 16.1 Å². The molecule has 3 rings (SSSR count). The first-order valence-corrected chi connectivity index (χ1v) is 8.94. The number of amides is 1. The Hall–Kier alpha value is -2.30. The van der Waals surface area contributed by atoms with Gasteiger partial charge in [0.15, 0.2) is 5.82 Å². The van der Waals surface area contributed by atoms with Crippen molar-refractivity contribution in [3.63, 3.8) is 0 Å². The van der Waals surface area contributed by atoms with Crippen molar-refractivity contribution in [3.05, 3.63) is 41.4 Å². The van der Waals surface area contributed by atoms with E-state index in [0.29, 0.717) is 19.0 Å².